The molecule has 140 valence electrons. The molecule has 0 aromatic heterocycles. The van der Waals surface area contributed by atoms with Crippen LogP contribution in [-0.4, -0.2) is 67.1 Å². The Morgan fingerprint density at radius 1 is 1.15 bits per heavy atom. The van der Waals surface area contributed by atoms with Gasteiger partial charge in [-0.2, -0.15) is 0 Å². The maximum Gasteiger partial charge on any atom is 0.257 e. The third-order valence-corrected chi connectivity index (χ3v) is 5.88. The third kappa shape index (κ3) is 3.18. The molecule has 4 rings (SSSR count). The summed E-state index contributed by atoms with van der Waals surface area (Å²) < 4.78 is 11.7. The number of likely N-dealkylation sites (N-methyl/N-ethyl adjacent to an activating group) is 1. The molecule has 1 saturated carbocycles. The van der Waals surface area contributed by atoms with E-state index in [1.807, 2.05) is 36.2 Å². The van der Waals surface area contributed by atoms with E-state index < -0.39 is 5.60 Å². The van der Waals surface area contributed by atoms with Gasteiger partial charge >= 0.3 is 0 Å². The number of ether oxygens (including phenoxy) is 2. The predicted octanol–water partition coefficient (Wildman–Crippen LogP) is 1.94. The van der Waals surface area contributed by atoms with Gasteiger partial charge in [-0.05, 0) is 37.8 Å². The minimum atomic E-state index is -0.390. The highest BCUT2D eigenvalue weighted by atomic mass is 16.5. The number of rotatable bonds is 1. The maximum atomic E-state index is 12.8. The first-order valence-corrected chi connectivity index (χ1v) is 9.48. The summed E-state index contributed by atoms with van der Waals surface area (Å²) in [4.78, 5) is 29.1. The van der Waals surface area contributed by atoms with Gasteiger partial charge in [0.2, 0.25) is 5.91 Å². The summed E-state index contributed by atoms with van der Waals surface area (Å²) in [5.41, 5.74) is 0.233. The smallest absolute Gasteiger partial charge is 0.257 e. The van der Waals surface area contributed by atoms with E-state index in [2.05, 4.69) is 0 Å². The van der Waals surface area contributed by atoms with Crippen molar-refractivity contribution in [2.24, 2.45) is 5.92 Å². The lowest BCUT2D eigenvalue weighted by atomic mass is 9.77. The molecule has 1 spiro atoms. The first-order chi connectivity index (χ1) is 12.6. The minimum absolute atomic E-state index is 0.00370. The molecule has 26 heavy (non-hydrogen) atoms. The molecule has 0 bridgehead atoms. The summed E-state index contributed by atoms with van der Waals surface area (Å²) in [6, 6.07) is 7.46. The lowest BCUT2D eigenvalue weighted by Crippen LogP contribution is -2.51. The molecule has 1 saturated heterocycles. The van der Waals surface area contributed by atoms with Crippen LogP contribution < -0.4 is 4.74 Å². The summed E-state index contributed by atoms with van der Waals surface area (Å²) in [5.74, 6) is 0.979. The molecule has 0 atom stereocenters. The van der Waals surface area contributed by atoms with Gasteiger partial charge in [-0.15, -0.1) is 0 Å². The van der Waals surface area contributed by atoms with Gasteiger partial charge in [-0.3, -0.25) is 9.59 Å². The topological polar surface area (TPSA) is 59.1 Å². The SMILES string of the molecule is CN1CC2(CCC(C(=O)N3CCOCC3)CC2)Oc2ccccc2C1=O. The molecule has 2 amide bonds. The summed E-state index contributed by atoms with van der Waals surface area (Å²) in [6.07, 6.45) is 3.19. The second-order valence-electron chi connectivity index (χ2n) is 7.65. The lowest BCUT2D eigenvalue weighted by Gasteiger charge is -2.41. The standard InChI is InChI=1S/C20H26N2O4/c1-21-14-20(26-17-5-3-2-4-16(17)19(21)24)8-6-15(7-9-20)18(23)22-10-12-25-13-11-22/h2-5,15H,6-14H2,1H3. The van der Waals surface area contributed by atoms with E-state index in [0.29, 0.717) is 44.2 Å². The fraction of sp³-hybridized carbons (Fsp3) is 0.600. The van der Waals surface area contributed by atoms with E-state index >= 15 is 0 Å². The number of amides is 2. The first kappa shape index (κ1) is 17.3. The number of carbonyl (C=O) groups is 2. The van der Waals surface area contributed by atoms with Crippen LogP contribution in [0.2, 0.25) is 0 Å². The average Bonchev–Trinajstić information content (AvgIpc) is 2.78. The average molecular weight is 358 g/mol. The molecule has 1 aromatic rings. The van der Waals surface area contributed by atoms with Crippen molar-refractivity contribution >= 4 is 11.8 Å². The van der Waals surface area contributed by atoms with Crippen LogP contribution in [0.5, 0.6) is 5.75 Å². The number of carbonyl (C=O) groups excluding carboxylic acids is 2. The fourth-order valence-corrected chi connectivity index (χ4v) is 4.40. The van der Waals surface area contributed by atoms with Crippen molar-refractivity contribution in [3.63, 3.8) is 0 Å². The molecule has 0 N–H and O–H groups in total. The first-order valence-electron chi connectivity index (χ1n) is 9.48. The van der Waals surface area contributed by atoms with Gasteiger partial charge in [0.15, 0.2) is 0 Å². The molecule has 2 fully saturated rings. The van der Waals surface area contributed by atoms with Crippen LogP contribution in [-0.2, 0) is 9.53 Å². The van der Waals surface area contributed by atoms with Gasteiger partial charge < -0.3 is 19.3 Å². The molecule has 0 radical (unpaired) electrons. The van der Waals surface area contributed by atoms with Crippen LogP contribution in [0, 0.1) is 5.92 Å². The van der Waals surface area contributed by atoms with Crippen LogP contribution >= 0.6 is 0 Å². The highest BCUT2D eigenvalue weighted by Gasteiger charge is 2.44. The molecule has 3 aliphatic rings. The molecule has 6 heteroatoms. The Labute approximate surface area is 154 Å². The van der Waals surface area contributed by atoms with Crippen molar-refractivity contribution in [3.05, 3.63) is 29.8 Å². The third-order valence-electron chi connectivity index (χ3n) is 5.88. The minimum Gasteiger partial charge on any atom is -0.485 e. The van der Waals surface area contributed by atoms with Crippen LogP contribution in [0.3, 0.4) is 0 Å². The maximum absolute atomic E-state index is 12.8. The molecular formula is C20H26N2O4. The van der Waals surface area contributed by atoms with Gasteiger partial charge in [-0.25, -0.2) is 0 Å². The van der Waals surface area contributed by atoms with Crippen molar-refractivity contribution in [1.29, 1.82) is 0 Å². The Bertz CT molecular complexity index is 691. The zero-order valence-electron chi connectivity index (χ0n) is 15.3. The Balaban J connectivity index is 1.47. The number of hydrogen-bond donors (Lipinski definition) is 0. The van der Waals surface area contributed by atoms with Gasteiger partial charge in [0.25, 0.3) is 5.91 Å². The quantitative estimate of drug-likeness (QED) is 0.770. The van der Waals surface area contributed by atoms with E-state index in [0.717, 1.165) is 25.7 Å². The van der Waals surface area contributed by atoms with Crippen molar-refractivity contribution < 1.29 is 19.1 Å². The van der Waals surface area contributed by atoms with E-state index in [4.69, 9.17) is 9.47 Å². The van der Waals surface area contributed by atoms with Crippen LogP contribution in [0.1, 0.15) is 36.0 Å². The molecule has 1 aliphatic carbocycles. The van der Waals surface area contributed by atoms with Crippen LogP contribution in [0.4, 0.5) is 0 Å². The summed E-state index contributed by atoms with van der Waals surface area (Å²) in [6.45, 7) is 3.23. The predicted molar refractivity (Wildman–Crippen MR) is 96.1 cm³/mol. The van der Waals surface area contributed by atoms with Crippen molar-refractivity contribution in [2.45, 2.75) is 31.3 Å². The Morgan fingerprint density at radius 2 is 1.85 bits per heavy atom. The van der Waals surface area contributed by atoms with Gasteiger partial charge in [0, 0.05) is 26.1 Å². The molecule has 1 aromatic carbocycles. The van der Waals surface area contributed by atoms with Crippen LogP contribution in [0.25, 0.3) is 0 Å². The molecule has 0 unspecified atom stereocenters. The van der Waals surface area contributed by atoms with Crippen molar-refractivity contribution in [3.8, 4) is 5.75 Å². The Hall–Kier alpha value is -2.08. The number of nitrogens with zero attached hydrogens (tertiary/aromatic N) is 2. The van der Waals surface area contributed by atoms with E-state index in [1.165, 1.54) is 0 Å². The van der Waals surface area contributed by atoms with Gasteiger partial charge in [0.05, 0.1) is 25.3 Å². The summed E-state index contributed by atoms with van der Waals surface area (Å²) in [7, 11) is 1.83. The second kappa shape index (κ2) is 6.91. The number of fused-ring (bicyclic) bond motifs is 1. The van der Waals surface area contributed by atoms with E-state index in [-0.39, 0.29) is 17.7 Å². The Kier molecular flexibility index (Phi) is 4.61. The zero-order valence-corrected chi connectivity index (χ0v) is 15.3. The van der Waals surface area contributed by atoms with Gasteiger partial charge in [0.1, 0.15) is 11.4 Å². The van der Waals surface area contributed by atoms with E-state index in [1.54, 1.807) is 4.90 Å². The largest absolute Gasteiger partial charge is 0.485 e. The highest BCUT2D eigenvalue weighted by molar-refractivity contribution is 5.97. The van der Waals surface area contributed by atoms with Crippen molar-refractivity contribution in [1.82, 2.24) is 9.80 Å². The Morgan fingerprint density at radius 3 is 2.58 bits per heavy atom. The second-order valence-corrected chi connectivity index (χ2v) is 7.65. The molecule has 2 aliphatic heterocycles. The summed E-state index contributed by atoms with van der Waals surface area (Å²) in [5, 5.41) is 0. The lowest BCUT2D eigenvalue weighted by molar-refractivity contribution is -0.142. The summed E-state index contributed by atoms with van der Waals surface area (Å²) >= 11 is 0. The number of hydrogen-bond acceptors (Lipinski definition) is 4. The molecular weight excluding hydrogens is 332 g/mol. The number of benzene rings is 1. The van der Waals surface area contributed by atoms with E-state index in [9.17, 15) is 9.59 Å². The monoisotopic (exact) mass is 358 g/mol. The van der Waals surface area contributed by atoms with Crippen molar-refractivity contribution in [2.75, 3.05) is 39.9 Å². The highest BCUT2D eigenvalue weighted by Crippen LogP contribution is 2.40. The number of para-hydroxylation sites is 1. The van der Waals surface area contributed by atoms with Crippen LogP contribution in [0.15, 0.2) is 24.3 Å². The number of morpholine rings is 1. The molecule has 2 heterocycles. The zero-order chi connectivity index (χ0) is 18.1. The van der Waals surface area contributed by atoms with Gasteiger partial charge in [-0.1, -0.05) is 12.1 Å². The normalized spacial score (nSPS) is 29.1. The fourth-order valence-electron chi connectivity index (χ4n) is 4.40. The molecule has 6 nitrogen and oxygen atoms in total.